The van der Waals surface area contributed by atoms with Crippen LogP contribution in [0, 0.1) is 4.77 Å². The Hall–Kier alpha value is -1.88. The third-order valence-electron chi connectivity index (χ3n) is 4.08. The summed E-state index contributed by atoms with van der Waals surface area (Å²) in [5.41, 5.74) is 2.53. The van der Waals surface area contributed by atoms with Gasteiger partial charge in [-0.15, -0.1) is 0 Å². The van der Waals surface area contributed by atoms with Gasteiger partial charge in [0.05, 0.1) is 6.61 Å². The molecule has 2 aromatic rings. The molecule has 0 amide bonds. The molecule has 0 unspecified atom stereocenters. The van der Waals surface area contributed by atoms with Gasteiger partial charge in [-0.3, -0.25) is 9.78 Å². The van der Waals surface area contributed by atoms with Gasteiger partial charge < -0.3 is 9.72 Å². The molecule has 0 fully saturated rings. The third kappa shape index (κ3) is 5.06. The number of hydrogen-bond acceptors (Lipinski definition) is 3. The van der Waals surface area contributed by atoms with Gasteiger partial charge in [0.15, 0.2) is 4.77 Å². The number of aromatic amines is 2. The van der Waals surface area contributed by atoms with Crippen LogP contribution in [0.3, 0.4) is 0 Å². The molecule has 1 aromatic heterocycles. The Morgan fingerprint density at radius 3 is 2.62 bits per heavy atom. The Kier molecular flexibility index (Phi) is 7.25. The number of aromatic nitrogens is 2. The molecule has 5 heteroatoms. The van der Waals surface area contributed by atoms with Crippen LogP contribution < -0.4 is 10.3 Å². The molecular formula is C19H26N2O2S. The lowest BCUT2D eigenvalue weighted by atomic mass is 10.0. The highest BCUT2D eigenvalue weighted by Crippen LogP contribution is 2.22. The van der Waals surface area contributed by atoms with E-state index in [9.17, 15) is 4.79 Å². The van der Waals surface area contributed by atoms with Crippen LogP contribution in [-0.4, -0.2) is 16.6 Å². The van der Waals surface area contributed by atoms with Gasteiger partial charge in [-0.1, -0.05) is 51.3 Å². The molecule has 0 aliphatic carbocycles. The molecule has 0 saturated carbocycles. The van der Waals surface area contributed by atoms with E-state index >= 15 is 0 Å². The van der Waals surface area contributed by atoms with Crippen molar-refractivity contribution < 1.29 is 4.74 Å². The first-order chi connectivity index (χ1) is 11.7. The van der Waals surface area contributed by atoms with Crippen molar-refractivity contribution in [2.24, 2.45) is 0 Å². The van der Waals surface area contributed by atoms with E-state index in [1.165, 1.54) is 19.3 Å². The third-order valence-corrected chi connectivity index (χ3v) is 4.28. The number of aryl methyl sites for hydroxylation is 1. The van der Waals surface area contributed by atoms with Gasteiger partial charge >= 0.3 is 0 Å². The summed E-state index contributed by atoms with van der Waals surface area (Å²) in [4.78, 5) is 18.1. The lowest BCUT2D eigenvalue weighted by Crippen LogP contribution is -2.18. The Bertz CT molecular complexity index is 764. The first-order valence-corrected chi connectivity index (χ1v) is 9.11. The standard InChI is InChI=1S/C19H26N2O2S/c1-3-5-6-9-12-23-17-11-8-7-10-14(17)13-15-16(4-2)20-19(24)21-18(15)22/h7-8,10-11H,3-6,9,12-13H2,1-2H3,(H2,20,21,22,24). The van der Waals surface area contributed by atoms with Crippen molar-refractivity contribution in [3.8, 4) is 5.75 Å². The summed E-state index contributed by atoms with van der Waals surface area (Å²) in [6.07, 6.45) is 5.98. The average Bonchev–Trinajstić information content (AvgIpc) is 2.58. The molecule has 4 nitrogen and oxygen atoms in total. The van der Waals surface area contributed by atoms with Crippen LogP contribution >= 0.6 is 12.2 Å². The molecule has 0 aliphatic rings. The van der Waals surface area contributed by atoms with Crippen LogP contribution in [0.1, 0.15) is 56.4 Å². The van der Waals surface area contributed by atoms with Crippen molar-refractivity contribution in [2.75, 3.05) is 6.61 Å². The van der Waals surface area contributed by atoms with E-state index in [-0.39, 0.29) is 5.56 Å². The second-order valence-electron chi connectivity index (χ2n) is 5.91. The molecule has 0 radical (unpaired) electrons. The fraction of sp³-hybridized carbons (Fsp3) is 0.474. The quantitative estimate of drug-likeness (QED) is 0.517. The van der Waals surface area contributed by atoms with Crippen LogP contribution in [0.2, 0.25) is 0 Å². The smallest absolute Gasteiger partial charge is 0.255 e. The van der Waals surface area contributed by atoms with E-state index in [1.54, 1.807) is 0 Å². The van der Waals surface area contributed by atoms with Gasteiger partial charge in [-0.05, 0) is 36.7 Å². The number of ether oxygens (including phenoxy) is 1. The zero-order valence-electron chi connectivity index (χ0n) is 14.5. The van der Waals surface area contributed by atoms with Gasteiger partial charge in [-0.25, -0.2) is 0 Å². The van der Waals surface area contributed by atoms with Crippen molar-refractivity contribution in [3.63, 3.8) is 0 Å². The molecule has 130 valence electrons. The number of hydrogen-bond donors (Lipinski definition) is 2. The Balaban J connectivity index is 2.16. The first kappa shape index (κ1) is 18.5. The summed E-state index contributed by atoms with van der Waals surface area (Å²) < 4.78 is 6.33. The lowest BCUT2D eigenvalue weighted by molar-refractivity contribution is 0.302. The largest absolute Gasteiger partial charge is 0.493 e. The number of rotatable bonds is 9. The van der Waals surface area contributed by atoms with Gasteiger partial charge in [0.25, 0.3) is 5.56 Å². The maximum atomic E-state index is 12.3. The monoisotopic (exact) mass is 346 g/mol. The average molecular weight is 346 g/mol. The summed E-state index contributed by atoms with van der Waals surface area (Å²) in [6.45, 7) is 4.93. The molecule has 0 spiro atoms. The molecule has 0 bridgehead atoms. The molecule has 0 saturated heterocycles. The molecular weight excluding hydrogens is 320 g/mol. The molecule has 2 N–H and O–H groups in total. The van der Waals surface area contributed by atoms with Crippen LogP contribution in [0.15, 0.2) is 29.1 Å². The van der Waals surface area contributed by atoms with Gasteiger partial charge in [0.1, 0.15) is 5.75 Å². The number of para-hydroxylation sites is 1. The summed E-state index contributed by atoms with van der Waals surface area (Å²) in [5.74, 6) is 0.859. The van der Waals surface area contributed by atoms with Crippen LogP contribution in [-0.2, 0) is 12.8 Å². The lowest BCUT2D eigenvalue weighted by Gasteiger charge is -2.13. The van der Waals surface area contributed by atoms with Crippen molar-refractivity contribution >= 4 is 12.2 Å². The van der Waals surface area contributed by atoms with E-state index in [0.717, 1.165) is 35.4 Å². The molecule has 1 heterocycles. The topological polar surface area (TPSA) is 57.9 Å². The maximum Gasteiger partial charge on any atom is 0.255 e. The summed E-state index contributed by atoms with van der Waals surface area (Å²) in [5, 5.41) is 0. The molecule has 1 aromatic carbocycles. The Labute approximate surface area is 148 Å². The molecule has 2 rings (SSSR count). The van der Waals surface area contributed by atoms with E-state index < -0.39 is 0 Å². The van der Waals surface area contributed by atoms with Crippen molar-refractivity contribution in [1.82, 2.24) is 9.97 Å². The van der Waals surface area contributed by atoms with Crippen molar-refractivity contribution in [1.29, 1.82) is 0 Å². The van der Waals surface area contributed by atoms with Crippen LogP contribution in [0.5, 0.6) is 5.75 Å². The van der Waals surface area contributed by atoms with E-state index in [1.807, 2.05) is 31.2 Å². The number of unbranched alkanes of at least 4 members (excludes halogenated alkanes) is 3. The summed E-state index contributed by atoms with van der Waals surface area (Å²) in [7, 11) is 0. The van der Waals surface area contributed by atoms with E-state index in [4.69, 9.17) is 17.0 Å². The van der Waals surface area contributed by atoms with Gasteiger partial charge in [0.2, 0.25) is 0 Å². The Morgan fingerprint density at radius 1 is 1.08 bits per heavy atom. The normalized spacial score (nSPS) is 10.8. The fourth-order valence-electron chi connectivity index (χ4n) is 2.74. The minimum absolute atomic E-state index is 0.117. The molecule has 0 aliphatic heterocycles. The van der Waals surface area contributed by atoms with E-state index in [0.29, 0.717) is 17.8 Å². The zero-order valence-corrected chi connectivity index (χ0v) is 15.3. The van der Waals surface area contributed by atoms with Gasteiger partial charge in [-0.2, -0.15) is 0 Å². The predicted molar refractivity (Wildman–Crippen MR) is 101 cm³/mol. The second-order valence-corrected chi connectivity index (χ2v) is 6.32. The highest BCUT2D eigenvalue weighted by Gasteiger charge is 2.11. The minimum atomic E-state index is -0.117. The molecule has 24 heavy (non-hydrogen) atoms. The first-order valence-electron chi connectivity index (χ1n) is 8.70. The fourth-order valence-corrected chi connectivity index (χ4v) is 2.96. The minimum Gasteiger partial charge on any atom is -0.493 e. The molecule has 0 atom stereocenters. The SMILES string of the molecule is CCCCCCOc1ccccc1Cc1c(CC)[nH]c(=S)[nH]c1=O. The number of H-pyrrole nitrogens is 2. The van der Waals surface area contributed by atoms with Crippen molar-refractivity contribution in [2.45, 2.75) is 52.4 Å². The Morgan fingerprint density at radius 2 is 1.88 bits per heavy atom. The zero-order chi connectivity index (χ0) is 17.4. The van der Waals surface area contributed by atoms with Crippen molar-refractivity contribution in [3.05, 3.63) is 56.2 Å². The number of benzene rings is 1. The summed E-state index contributed by atoms with van der Waals surface area (Å²) in [6, 6.07) is 7.93. The highest BCUT2D eigenvalue weighted by atomic mass is 32.1. The number of nitrogens with one attached hydrogen (secondary N) is 2. The highest BCUT2D eigenvalue weighted by molar-refractivity contribution is 7.71. The maximum absolute atomic E-state index is 12.3. The van der Waals surface area contributed by atoms with Crippen LogP contribution in [0.4, 0.5) is 0 Å². The van der Waals surface area contributed by atoms with E-state index in [2.05, 4.69) is 16.9 Å². The van der Waals surface area contributed by atoms with Gasteiger partial charge in [0, 0.05) is 17.7 Å². The van der Waals surface area contributed by atoms with Crippen LogP contribution in [0.25, 0.3) is 0 Å². The summed E-state index contributed by atoms with van der Waals surface area (Å²) >= 11 is 5.06. The second kappa shape index (κ2) is 9.42. The predicted octanol–water partition coefficient (Wildman–Crippen LogP) is 4.54.